The average molecular weight is 312 g/mol. The summed E-state index contributed by atoms with van der Waals surface area (Å²) in [4.78, 5) is 17.4. The molecule has 1 aliphatic rings. The number of nitrogens with zero attached hydrogens (tertiary/aromatic N) is 2. The van der Waals surface area contributed by atoms with Crippen LogP contribution in [0.2, 0.25) is 0 Å². The molecule has 3 rings (SSSR count). The summed E-state index contributed by atoms with van der Waals surface area (Å²) >= 11 is 0. The molecule has 4 N–H and O–H groups in total. The van der Waals surface area contributed by atoms with Crippen LogP contribution in [-0.4, -0.2) is 34.2 Å². The summed E-state index contributed by atoms with van der Waals surface area (Å²) in [6, 6.07) is 11.5. The number of nitrogen functional groups attached to an aromatic ring is 1. The van der Waals surface area contributed by atoms with Crippen molar-refractivity contribution in [3.8, 4) is 0 Å². The van der Waals surface area contributed by atoms with E-state index in [9.17, 15) is 4.79 Å². The van der Waals surface area contributed by atoms with Crippen LogP contribution < -0.4 is 11.1 Å². The molecule has 0 saturated carbocycles. The number of amides is 1. The number of hydrogen-bond donors (Lipinski definition) is 3. The van der Waals surface area contributed by atoms with Crippen LogP contribution in [0.3, 0.4) is 0 Å². The van der Waals surface area contributed by atoms with Gasteiger partial charge in [-0.1, -0.05) is 12.1 Å². The van der Waals surface area contributed by atoms with Crippen molar-refractivity contribution >= 4 is 17.6 Å². The second-order valence-corrected chi connectivity index (χ2v) is 5.75. The zero-order valence-corrected chi connectivity index (χ0v) is 12.8. The van der Waals surface area contributed by atoms with Gasteiger partial charge in [0.1, 0.15) is 5.82 Å². The first-order valence-electron chi connectivity index (χ1n) is 7.66. The fourth-order valence-electron chi connectivity index (χ4n) is 2.89. The van der Waals surface area contributed by atoms with Crippen molar-refractivity contribution in [2.75, 3.05) is 24.1 Å². The highest BCUT2D eigenvalue weighted by Gasteiger charge is 2.16. The second-order valence-electron chi connectivity index (χ2n) is 5.75. The quantitative estimate of drug-likeness (QED) is 0.754. The van der Waals surface area contributed by atoms with E-state index in [-0.39, 0.29) is 0 Å². The Kier molecular flexibility index (Phi) is 4.43. The van der Waals surface area contributed by atoms with Gasteiger partial charge in [-0.05, 0) is 41.8 Å². The van der Waals surface area contributed by atoms with Crippen LogP contribution in [-0.2, 0) is 19.4 Å². The maximum absolute atomic E-state index is 10.7. The van der Waals surface area contributed by atoms with E-state index in [0.29, 0.717) is 5.82 Å². The monoisotopic (exact) mass is 312 g/mol. The smallest absolute Gasteiger partial charge is 0.410 e. The van der Waals surface area contributed by atoms with Gasteiger partial charge in [0.2, 0.25) is 0 Å². The molecule has 0 saturated heterocycles. The van der Waals surface area contributed by atoms with Gasteiger partial charge in [0.15, 0.2) is 0 Å². The number of nitrogens with two attached hydrogens (primary N) is 1. The molecule has 2 heterocycles. The minimum atomic E-state index is -1.10. The van der Waals surface area contributed by atoms with Gasteiger partial charge in [0, 0.05) is 37.4 Å². The van der Waals surface area contributed by atoms with E-state index in [4.69, 9.17) is 10.8 Å². The Balaban J connectivity index is 1.59. The zero-order valence-electron chi connectivity index (χ0n) is 12.8. The molecule has 0 radical (unpaired) electrons. The summed E-state index contributed by atoms with van der Waals surface area (Å²) in [6.07, 6.45) is 0.704. The van der Waals surface area contributed by atoms with Crippen LogP contribution in [0.25, 0.3) is 0 Å². The number of fused-ring (bicyclic) bond motifs is 1. The van der Waals surface area contributed by atoms with Gasteiger partial charge in [0.05, 0.1) is 0 Å². The molecule has 0 spiro atoms. The first kappa shape index (κ1) is 15.3. The minimum absolute atomic E-state index is 0.370. The molecule has 120 valence electrons. The number of aromatic nitrogens is 1. The van der Waals surface area contributed by atoms with E-state index < -0.39 is 6.09 Å². The van der Waals surface area contributed by atoms with Gasteiger partial charge in [0.25, 0.3) is 0 Å². The van der Waals surface area contributed by atoms with Gasteiger partial charge < -0.3 is 10.8 Å². The Morgan fingerprint density at radius 3 is 3.00 bits per heavy atom. The van der Waals surface area contributed by atoms with Gasteiger partial charge in [-0.25, -0.2) is 9.78 Å². The van der Waals surface area contributed by atoms with Crippen molar-refractivity contribution < 1.29 is 9.90 Å². The molecule has 6 nitrogen and oxygen atoms in total. The summed E-state index contributed by atoms with van der Waals surface area (Å²) in [5, 5.41) is 11.0. The number of anilines is 2. The van der Waals surface area contributed by atoms with Crippen molar-refractivity contribution in [1.82, 2.24) is 9.88 Å². The Morgan fingerprint density at radius 1 is 1.30 bits per heavy atom. The van der Waals surface area contributed by atoms with E-state index in [1.165, 1.54) is 11.1 Å². The van der Waals surface area contributed by atoms with Gasteiger partial charge in [-0.3, -0.25) is 10.2 Å². The number of carboxylic acid groups (broad SMARTS) is 1. The van der Waals surface area contributed by atoms with E-state index in [0.717, 1.165) is 43.9 Å². The minimum Gasteiger partial charge on any atom is -0.465 e. The number of benzene rings is 1. The van der Waals surface area contributed by atoms with Crippen LogP contribution in [0.15, 0.2) is 36.4 Å². The Morgan fingerprint density at radius 2 is 2.17 bits per heavy atom. The van der Waals surface area contributed by atoms with Gasteiger partial charge in [-0.2, -0.15) is 0 Å². The largest absolute Gasteiger partial charge is 0.465 e. The van der Waals surface area contributed by atoms with E-state index >= 15 is 0 Å². The van der Waals surface area contributed by atoms with E-state index in [1.54, 1.807) is 6.07 Å². The maximum Gasteiger partial charge on any atom is 0.410 e. The molecule has 1 aliphatic heterocycles. The molecule has 6 heteroatoms. The van der Waals surface area contributed by atoms with Gasteiger partial charge in [-0.15, -0.1) is 0 Å². The molecule has 1 aromatic carbocycles. The van der Waals surface area contributed by atoms with Crippen molar-refractivity contribution in [2.45, 2.75) is 19.4 Å². The Labute approximate surface area is 134 Å². The highest BCUT2D eigenvalue weighted by atomic mass is 16.4. The molecule has 1 amide bonds. The summed E-state index contributed by atoms with van der Waals surface area (Å²) in [5.41, 5.74) is 10.2. The fourth-order valence-corrected chi connectivity index (χ4v) is 2.89. The SMILES string of the molecule is Nc1ccc2c(c1)CCN(CCc1cccc(NC(=O)O)n1)C2. The van der Waals surface area contributed by atoms with E-state index in [1.807, 2.05) is 18.2 Å². The molecule has 23 heavy (non-hydrogen) atoms. The highest BCUT2D eigenvalue weighted by Crippen LogP contribution is 2.21. The van der Waals surface area contributed by atoms with Crippen LogP contribution in [0.1, 0.15) is 16.8 Å². The third kappa shape index (κ3) is 3.98. The molecule has 2 aromatic rings. The highest BCUT2D eigenvalue weighted by molar-refractivity contribution is 5.81. The zero-order chi connectivity index (χ0) is 16.2. The molecule has 0 fully saturated rings. The summed E-state index contributed by atoms with van der Waals surface area (Å²) in [6.45, 7) is 2.82. The Hall–Kier alpha value is -2.60. The standard InChI is InChI=1S/C17H20N4O2/c18-14-5-4-13-11-21(8-6-12(13)10-14)9-7-15-2-1-3-16(19-15)20-17(22)23/h1-5,10H,6-9,11,18H2,(H,19,20)(H,22,23). The predicted molar refractivity (Wildman–Crippen MR) is 89.4 cm³/mol. The van der Waals surface area contributed by atoms with Crippen LogP contribution in [0, 0.1) is 0 Å². The predicted octanol–water partition coefficient (Wildman–Crippen LogP) is 2.35. The van der Waals surface area contributed by atoms with Crippen molar-refractivity contribution in [3.05, 3.63) is 53.2 Å². The number of carbonyl (C=O) groups is 1. The summed E-state index contributed by atoms with van der Waals surface area (Å²) < 4.78 is 0. The van der Waals surface area contributed by atoms with Crippen LogP contribution in [0.4, 0.5) is 16.3 Å². The average Bonchev–Trinajstić information content (AvgIpc) is 2.52. The van der Waals surface area contributed by atoms with Crippen molar-refractivity contribution in [3.63, 3.8) is 0 Å². The summed E-state index contributed by atoms with van der Waals surface area (Å²) in [5.74, 6) is 0.370. The summed E-state index contributed by atoms with van der Waals surface area (Å²) in [7, 11) is 0. The number of pyridine rings is 1. The maximum atomic E-state index is 10.7. The van der Waals surface area contributed by atoms with E-state index in [2.05, 4.69) is 27.3 Å². The molecule has 0 aliphatic carbocycles. The van der Waals surface area contributed by atoms with Crippen LogP contribution in [0.5, 0.6) is 0 Å². The molecular formula is C17H20N4O2. The normalized spacial score (nSPS) is 14.3. The van der Waals surface area contributed by atoms with Gasteiger partial charge >= 0.3 is 6.09 Å². The number of hydrogen-bond acceptors (Lipinski definition) is 4. The lowest BCUT2D eigenvalue weighted by Crippen LogP contribution is -2.32. The Bertz CT molecular complexity index is 717. The molecule has 0 unspecified atom stereocenters. The fraction of sp³-hybridized carbons (Fsp3) is 0.294. The second kappa shape index (κ2) is 6.66. The molecule has 1 aromatic heterocycles. The van der Waals surface area contributed by atoms with Crippen molar-refractivity contribution in [2.24, 2.45) is 0 Å². The molecule has 0 atom stereocenters. The lowest BCUT2D eigenvalue weighted by atomic mass is 9.99. The number of nitrogens with one attached hydrogen (secondary N) is 1. The molecular weight excluding hydrogens is 292 g/mol. The first-order valence-corrected chi connectivity index (χ1v) is 7.66. The van der Waals surface area contributed by atoms with Crippen LogP contribution >= 0.6 is 0 Å². The lowest BCUT2D eigenvalue weighted by Gasteiger charge is -2.28. The molecule has 0 bridgehead atoms. The third-order valence-corrected chi connectivity index (χ3v) is 4.05. The number of rotatable bonds is 4. The van der Waals surface area contributed by atoms with Crippen molar-refractivity contribution in [1.29, 1.82) is 0 Å². The topological polar surface area (TPSA) is 91.5 Å². The third-order valence-electron chi connectivity index (χ3n) is 4.05. The first-order chi connectivity index (χ1) is 11.1. The lowest BCUT2D eigenvalue weighted by molar-refractivity contribution is 0.209.